The molecular weight excluding hydrogens is 302 g/mol. The second kappa shape index (κ2) is 7.07. The Morgan fingerprint density at radius 3 is 2.36 bits per heavy atom. The topological polar surface area (TPSA) is 12.0 Å². The van der Waals surface area contributed by atoms with E-state index in [1.54, 1.807) is 0 Å². The molecular formula is C24H31N. The Bertz CT molecular complexity index is 748. The Kier molecular flexibility index (Phi) is 5.03. The number of hydrogen-bond acceptors (Lipinski definition) is 1. The van der Waals surface area contributed by atoms with E-state index in [2.05, 4.69) is 88.5 Å². The summed E-state index contributed by atoms with van der Waals surface area (Å²) in [5.74, 6) is 0.448. The van der Waals surface area contributed by atoms with Crippen LogP contribution in [0, 0.1) is 5.92 Å². The molecule has 1 aromatic rings. The first-order chi connectivity index (χ1) is 11.8. The first kappa shape index (κ1) is 17.8. The average molecular weight is 334 g/mol. The van der Waals surface area contributed by atoms with E-state index in [4.69, 9.17) is 0 Å². The summed E-state index contributed by atoms with van der Waals surface area (Å²) >= 11 is 0. The van der Waals surface area contributed by atoms with Gasteiger partial charge in [-0.1, -0.05) is 62.3 Å². The number of hydrogen-bond donors (Lipinski definition) is 1. The molecule has 0 spiro atoms. The van der Waals surface area contributed by atoms with Gasteiger partial charge in [-0.05, 0) is 67.9 Å². The molecule has 0 aliphatic heterocycles. The molecule has 0 bridgehead atoms. The molecule has 0 fully saturated rings. The summed E-state index contributed by atoms with van der Waals surface area (Å²) in [6, 6.07) is 8.91. The minimum absolute atomic E-state index is 0.194. The van der Waals surface area contributed by atoms with Crippen LogP contribution in [0.4, 0.5) is 5.69 Å². The van der Waals surface area contributed by atoms with Crippen LogP contribution in [0.25, 0.3) is 0 Å². The number of benzene rings is 1. The number of allylic oxidation sites excluding steroid dienone is 7. The maximum absolute atomic E-state index is 3.70. The quantitative estimate of drug-likeness (QED) is 0.633. The Hall–Kier alpha value is -2.02. The van der Waals surface area contributed by atoms with Crippen molar-refractivity contribution in [3.05, 3.63) is 76.5 Å². The zero-order valence-corrected chi connectivity index (χ0v) is 16.3. The van der Waals surface area contributed by atoms with E-state index in [9.17, 15) is 0 Å². The third kappa shape index (κ3) is 4.15. The molecule has 0 saturated carbocycles. The second-order valence-corrected chi connectivity index (χ2v) is 8.52. The predicted molar refractivity (Wildman–Crippen MR) is 110 cm³/mol. The fourth-order valence-corrected chi connectivity index (χ4v) is 3.68. The first-order valence-corrected chi connectivity index (χ1v) is 9.46. The largest absolute Gasteiger partial charge is 0.358 e. The zero-order valence-electron chi connectivity index (χ0n) is 16.3. The van der Waals surface area contributed by atoms with Crippen LogP contribution in [0.1, 0.15) is 59.4 Å². The predicted octanol–water partition coefficient (Wildman–Crippen LogP) is 6.91. The number of anilines is 1. The number of rotatable bonds is 3. The van der Waals surface area contributed by atoms with Crippen LogP contribution < -0.4 is 5.32 Å². The van der Waals surface area contributed by atoms with Gasteiger partial charge in [-0.2, -0.15) is 0 Å². The van der Waals surface area contributed by atoms with Gasteiger partial charge >= 0.3 is 0 Å². The van der Waals surface area contributed by atoms with Crippen LogP contribution in [-0.2, 0) is 5.41 Å². The third-order valence-corrected chi connectivity index (χ3v) is 5.34. The van der Waals surface area contributed by atoms with Crippen LogP contribution in [-0.4, -0.2) is 0 Å². The van der Waals surface area contributed by atoms with E-state index in [1.165, 1.54) is 46.5 Å². The van der Waals surface area contributed by atoms with Gasteiger partial charge in [0.05, 0.1) is 0 Å². The van der Waals surface area contributed by atoms with E-state index in [0.717, 1.165) is 6.42 Å². The van der Waals surface area contributed by atoms with Gasteiger partial charge in [-0.3, -0.25) is 0 Å². The Morgan fingerprint density at radius 2 is 1.72 bits per heavy atom. The van der Waals surface area contributed by atoms with Crippen LogP contribution in [0.5, 0.6) is 0 Å². The number of nitrogens with one attached hydrogen (secondary N) is 1. The molecule has 0 amide bonds. The van der Waals surface area contributed by atoms with Crippen molar-refractivity contribution in [2.24, 2.45) is 5.92 Å². The molecule has 3 rings (SSSR count). The maximum Gasteiger partial charge on any atom is 0.0382 e. The van der Waals surface area contributed by atoms with E-state index in [-0.39, 0.29) is 5.41 Å². The van der Waals surface area contributed by atoms with Crippen molar-refractivity contribution in [2.75, 3.05) is 5.32 Å². The Labute approximate surface area is 153 Å². The molecule has 25 heavy (non-hydrogen) atoms. The van der Waals surface area contributed by atoms with Gasteiger partial charge in [0, 0.05) is 17.3 Å². The van der Waals surface area contributed by atoms with Crippen molar-refractivity contribution in [1.82, 2.24) is 0 Å². The minimum atomic E-state index is 0.194. The highest BCUT2D eigenvalue weighted by Gasteiger charge is 2.23. The molecule has 1 heteroatoms. The van der Waals surface area contributed by atoms with Crippen molar-refractivity contribution in [2.45, 2.75) is 59.3 Å². The summed E-state index contributed by atoms with van der Waals surface area (Å²) in [5.41, 5.74) is 8.56. The van der Waals surface area contributed by atoms with E-state index < -0.39 is 0 Å². The molecule has 1 unspecified atom stereocenters. The smallest absolute Gasteiger partial charge is 0.0382 e. The molecule has 1 N–H and O–H groups in total. The molecule has 0 saturated heterocycles. The van der Waals surface area contributed by atoms with Gasteiger partial charge < -0.3 is 5.32 Å². The molecule has 0 aromatic heterocycles. The van der Waals surface area contributed by atoms with Gasteiger partial charge in [-0.15, -0.1) is 0 Å². The molecule has 0 heterocycles. The molecule has 0 radical (unpaired) electrons. The molecule has 1 nitrogen and oxygen atoms in total. The molecule has 2 aliphatic carbocycles. The summed E-state index contributed by atoms with van der Waals surface area (Å²) < 4.78 is 0. The summed E-state index contributed by atoms with van der Waals surface area (Å²) in [5, 5.41) is 3.70. The van der Waals surface area contributed by atoms with E-state index >= 15 is 0 Å². The SMILES string of the molecule is CC1=CC=C(Nc2ccc(C(C)(C)C)cc2)C(C2=C(C)CCC=C2)C1. The van der Waals surface area contributed by atoms with Crippen molar-refractivity contribution < 1.29 is 0 Å². The van der Waals surface area contributed by atoms with Gasteiger partial charge in [0.2, 0.25) is 0 Å². The Morgan fingerprint density at radius 1 is 1.00 bits per heavy atom. The first-order valence-electron chi connectivity index (χ1n) is 9.46. The van der Waals surface area contributed by atoms with Crippen molar-refractivity contribution in [3.8, 4) is 0 Å². The second-order valence-electron chi connectivity index (χ2n) is 8.52. The lowest BCUT2D eigenvalue weighted by Crippen LogP contribution is -2.18. The minimum Gasteiger partial charge on any atom is -0.358 e. The van der Waals surface area contributed by atoms with E-state index in [0.29, 0.717) is 5.92 Å². The van der Waals surface area contributed by atoms with Crippen LogP contribution in [0.2, 0.25) is 0 Å². The molecule has 1 aromatic carbocycles. The summed E-state index contributed by atoms with van der Waals surface area (Å²) in [6.45, 7) is 11.3. The standard InChI is InChI=1S/C24H31N/c1-17-10-15-23(22(16-17)21-9-7-6-8-18(21)2)25-20-13-11-19(12-14-20)24(3,4)5/h7,9-15,22,25H,6,8,16H2,1-5H3. The summed E-state index contributed by atoms with van der Waals surface area (Å²) in [7, 11) is 0. The zero-order chi connectivity index (χ0) is 18.0. The highest BCUT2D eigenvalue weighted by atomic mass is 14.9. The highest BCUT2D eigenvalue weighted by Crippen LogP contribution is 2.36. The third-order valence-electron chi connectivity index (χ3n) is 5.34. The van der Waals surface area contributed by atoms with Crippen LogP contribution in [0.3, 0.4) is 0 Å². The van der Waals surface area contributed by atoms with E-state index in [1.807, 2.05) is 0 Å². The monoisotopic (exact) mass is 333 g/mol. The average Bonchev–Trinajstić information content (AvgIpc) is 2.57. The summed E-state index contributed by atoms with van der Waals surface area (Å²) in [6.07, 6.45) is 12.7. The lowest BCUT2D eigenvalue weighted by molar-refractivity contribution is 0.590. The van der Waals surface area contributed by atoms with Crippen LogP contribution in [0.15, 0.2) is 71.0 Å². The van der Waals surface area contributed by atoms with Gasteiger partial charge in [-0.25, -0.2) is 0 Å². The molecule has 2 aliphatic rings. The fourth-order valence-electron chi connectivity index (χ4n) is 3.68. The fraction of sp³-hybridized carbons (Fsp3) is 0.417. The van der Waals surface area contributed by atoms with Gasteiger partial charge in [0.25, 0.3) is 0 Å². The van der Waals surface area contributed by atoms with Crippen LogP contribution >= 0.6 is 0 Å². The van der Waals surface area contributed by atoms with Crippen molar-refractivity contribution in [1.29, 1.82) is 0 Å². The van der Waals surface area contributed by atoms with Crippen molar-refractivity contribution >= 4 is 5.69 Å². The molecule has 132 valence electrons. The van der Waals surface area contributed by atoms with Crippen molar-refractivity contribution in [3.63, 3.8) is 0 Å². The normalized spacial score (nSPS) is 21.1. The van der Waals surface area contributed by atoms with Gasteiger partial charge in [0.15, 0.2) is 0 Å². The highest BCUT2D eigenvalue weighted by molar-refractivity contribution is 5.54. The molecule has 1 atom stereocenters. The lowest BCUT2D eigenvalue weighted by atomic mass is 9.81. The lowest BCUT2D eigenvalue weighted by Gasteiger charge is -2.29. The summed E-state index contributed by atoms with van der Waals surface area (Å²) in [4.78, 5) is 0. The van der Waals surface area contributed by atoms with Gasteiger partial charge in [0.1, 0.15) is 0 Å². The Balaban J connectivity index is 1.85. The maximum atomic E-state index is 3.70.